The van der Waals surface area contributed by atoms with Gasteiger partial charge in [0.05, 0.1) is 16.6 Å². The van der Waals surface area contributed by atoms with Crippen molar-refractivity contribution in [2.75, 3.05) is 0 Å². The van der Waals surface area contributed by atoms with Gasteiger partial charge in [0.25, 0.3) is 0 Å². The molecule has 0 aliphatic carbocycles. The van der Waals surface area contributed by atoms with Crippen LogP contribution in [0.1, 0.15) is 0 Å². The number of benzene rings is 10. The summed E-state index contributed by atoms with van der Waals surface area (Å²) in [5.41, 5.74) is 7.63. The van der Waals surface area contributed by atoms with E-state index in [0.717, 1.165) is 44.9 Å². The van der Waals surface area contributed by atoms with E-state index in [1.807, 2.05) is 0 Å². The molecule has 0 spiro atoms. The molecule has 254 valence electrons. The van der Waals surface area contributed by atoms with Gasteiger partial charge >= 0.3 is 0 Å². The molecule has 0 fully saturated rings. The maximum atomic E-state index is 5.62. The lowest BCUT2D eigenvalue weighted by Crippen LogP contribution is -1.98. The Bertz CT molecular complexity index is 3470. The zero-order valence-corrected chi connectivity index (χ0v) is 29.6. The molecule has 0 atom stereocenters. The molecule has 4 heteroatoms. The van der Waals surface area contributed by atoms with Crippen LogP contribution in [-0.4, -0.2) is 18.5 Å². The van der Waals surface area contributed by atoms with Crippen LogP contribution in [0.2, 0.25) is 0 Å². The summed E-state index contributed by atoms with van der Waals surface area (Å²) in [6, 6.07) is 66.4. The molecule has 3 aromatic heterocycles. The van der Waals surface area contributed by atoms with Crippen molar-refractivity contribution in [3.05, 3.63) is 182 Å². The van der Waals surface area contributed by atoms with E-state index in [1.54, 1.807) is 0 Å². The second kappa shape index (κ2) is 10.6. The highest BCUT2D eigenvalue weighted by molar-refractivity contribution is 6.27. The van der Waals surface area contributed by atoms with Gasteiger partial charge in [-0.3, -0.25) is 13.5 Å². The van der Waals surface area contributed by atoms with Gasteiger partial charge in [0.1, 0.15) is 5.52 Å². The molecule has 0 bridgehead atoms. The number of para-hydroxylation sites is 3. The Hall–Kier alpha value is -7.43. The first-order chi connectivity index (χ1) is 27.3. The minimum absolute atomic E-state index is 0.896. The lowest BCUT2D eigenvalue weighted by molar-refractivity contribution is 1.09. The van der Waals surface area contributed by atoms with Gasteiger partial charge in [-0.15, -0.1) is 0 Å². The Labute approximate surface area is 314 Å². The lowest BCUT2D eigenvalue weighted by atomic mass is 9.94. The van der Waals surface area contributed by atoms with Gasteiger partial charge in [-0.25, -0.2) is 0 Å². The van der Waals surface area contributed by atoms with Gasteiger partial charge in [0.2, 0.25) is 5.78 Å². The molecule has 0 saturated carbocycles. The highest BCUT2D eigenvalue weighted by Gasteiger charge is 2.24. The van der Waals surface area contributed by atoms with Crippen molar-refractivity contribution < 1.29 is 0 Å². The average molecular weight is 699 g/mol. The van der Waals surface area contributed by atoms with E-state index in [4.69, 9.17) is 4.98 Å². The molecule has 0 amide bonds. The highest BCUT2D eigenvalue weighted by atomic mass is 15.2. The first-order valence-electron chi connectivity index (χ1n) is 18.9. The fourth-order valence-electron chi connectivity index (χ4n) is 9.69. The van der Waals surface area contributed by atoms with Crippen molar-refractivity contribution in [3.63, 3.8) is 0 Å². The van der Waals surface area contributed by atoms with Gasteiger partial charge in [-0.05, 0) is 107 Å². The van der Waals surface area contributed by atoms with Crippen LogP contribution in [-0.2, 0) is 0 Å². The van der Waals surface area contributed by atoms with Gasteiger partial charge < -0.3 is 0 Å². The summed E-state index contributed by atoms with van der Waals surface area (Å²) in [5, 5.41) is 16.3. The monoisotopic (exact) mass is 698 g/mol. The van der Waals surface area contributed by atoms with Gasteiger partial charge in [-0.2, -0.15) is 4.98 Å². The number of hydrogen-bond acceptors (Lipinski definition) is 1. The molecule has 0 saturated heterocycles. The van der Waals surface area contributed by atoms with E-state index < -0.39 is 0 Å². The van der Waals surface area contributed by atoms with Gasteiger partial charge in [0.15, 0.2) is 5.65 Å². The molecule has 3 heterocycles. The predicted octanol–water partition coefficient (Wildman–Crippen LogP) is 13.3. The Morgan fingerprint density at radius 2 is 0.655 bits per heavy atom. The summed E-state index contributed by atoms with van der Waals surface area (Å²) in [4.78, 5) is 5.62. The van der Waals surface area contributed by atoms with Gasteiger partial charge in [0, 0.05) is 16.8 Å². The Morgan fingerprint density at radius 3 is 1.15 bits per heavy atom. The second-order valence-electron chi connectivity index (χ2n) is 14.7. The van der Waals surface area contributed by atoms with Crippen molar-refractivity contribution in [3.8, 4) is 11.4 Å². The molecular formula is C51H30N4. The maximum Gasteiger partial charge on any atom is 0.222 e. The Morgan fingerprint density at radius 1 is 0.291 bits per heavy atom. The van der Waals surface area contributed by atoms with Crippen LogP contribution < -0.4 is 0 Å². The van der Waals surface area contributed by atoms with Crippen LogP contribution in [0.15, 0.2) is 182 Å². The van der Waals surface area contributed by atoms with E-state index in [1.165, 1.54) is 70.0 Å². The van der Waals surface area contributed by atoms with E-state index in [2.05, 4.69) is 196 Å². The van der Waals surface area contributed by atoms with Crippen molar-refractivity contribution in [2.45, 2.75) is 0 Å². The Kier molecular flexibility index (Phi) is 5.60. The molecule has 0 aliphatic rings. The molecule has 0 radical (unpaired) electrons. The SMILES string of the molecule is c1ccc2c(c1)c1ccccc1c1cc(-n3c4ccccc4c4c3nc3n(-c5ccc6c7ccccc7c7ccccc7c6c5)c5ccccc5n43)ccc21. The minimum atomic E-state index is 0.896. The molecule has 13 aromatic rings. The van der Waals surface area contributed by atoms with Crippen molar-refractivity contribution >= 4 is 104 Å². The second-order valence-corrected chi connectivity index (χ2v) is 14.7. The average Bonchev–Trinajstić information content (AvgIpc) is 3.89. The Balaban J connectivity index is 1.13. The van der Waals surface area contributed by atoms with Crippen LogP contribution in [0.5, 0.6) is 0 Å². The van der Waals surface area contributed by atoms with Crippen LogP contribution in [0.4, 0.5) is 0 Å². The summed E-state index contributed by atoms with van der Waals surface area (Å²) in [5.74, 6) is 0.896. The van der Waals surface area contributed by atoms with Crippen LogP contribution >= 0.6 is 0 Å². The van der Waals surface area contributed by atoms with E-state index in [0.29, 0.717) is 0 Å². The lowest BCUT2D eigenvalue weighted by Gasteiger charge is -2.13. The first kappa shape index (κ1) is 29.1. The number of aromatic nitrogens is 4. The largest absolute Gasteiger partial charge is 0.292 e. The third-order valence-corrected chi connectivity index (χ3v) is 12.0. The fourth-order valence-corrected chi connectivity index (χ4v) is 9.69. The molecule has 10 aromatic carbocycles. The summed E-state index contributed by atoms with van der Waals surface area (Å²) in [6.45, 7) is 0. The van der Waals surface area contributed by atoms with E-state index >= 15 is 0 Å². The topological polar surface area (TPSA) is 27.2 Å². The molecule has 4 nitrogen and oxygen atoms in total. The van der Waals surface area contributed by atoms with Crippen molar-refractivity contribution in [2.24, 2.45) is 0 Å². The standard InChI is InChI=1S/C51H30N4/c1-3-17-37-33(13-1)35-15-5-7-19-39(35)44-29-31(25-27-41(37)44)53-46-22-10-9-21-43(46)49-50(53)52-51-54(47-23-11-12-24-48(47)55(49)51)32-26-28-42-38-18-4-2-14-34(38)36-16-6-8-20-40(36)45(42)30-32/h1-30H. The number of rotatable bonds is 2. The van der Waals surface area contributed by atoms with Crippen LogP contribution in [0.3, 0.4) is 0 Å². The number of imidazole rings is 2. The molecule has 13 rings (SSSR count). The first-order valence-corrected chi connectivity index (χ1v) is 18.9. The van der Waals surface area contributed by atoms with Crippen molar-refractivity contribution in [1.82, 2.24) is 18.5 Å². The summed E-state index contributed by atoms with van der Waals surface area (Å²) < 4.78 is 7.08. The van der Waals surface area contributed by atoms with Gasteiger partial charge in [-0.1, -0.05) is 140 Å². The smallest absolute Gasteiger partial charge is 0.222 e. The number of nitrogens with zero attached hydrogens (tertiary/aromatic N) is 4. The fraction of sp³-hybridized carbons (Fsp3) is 0. The normalized spacial score (nSPS) is 12.4. The quantitative estimate of drug-likeness (QED) is 0.165. The number of hydrogen-bond donors (Lipinski definition) is 0. The maximum absolute atomic E-state index is 5.62. The van der Waals surface area contributed by atoms with Crippen LogP contribution in [0, 0.1) is 0 Å². The minimum Gasteiger partial charge on any atom is -0.292 e. The molecule has 55 heavy (non-hydrogen) atoms. The molecule has 0 unspecified atom stereocenters. The zero-order valence-electron chi connectivity index (χ0n) is 29.6. The van der Waals surface area contributed by atoms with Crippen LogP contribution in [0.25, 0.3) is 115 Å². The predicted molar refractivity (Wildman–Crippen MR) is 231 cm³/mol. The number of fused-ring (bicyclic) bond motifs is 19. The van der Waals surface area contributed by atoms with E-state index in [9.17, 15) is 0 Å². The summed E-state index contributed by atoms with van der Waals surface area (Å²) in [6.07, 6.45) is 0. The van der Waals surface area contributed by atoms with E-state index in [-0.39, 0.29) is 0 Å². The molecular weight excluding hydrogens is 669 g/mol. The molecule has 0 aliphatic heterocycles. The zero-order chi connectivity index (χ0) is 35.8. The van der Waals surface area contributed by atoms with Crippen molar-refractivity contribution in [1.29, 1.82) is 0 Å². The third kappa shape index (κ3) is 3.77. The third-order valence-electron chi connectivity index (χ3n) is 12.0. The molecule has 0 N–H and O–H groups in total. The summed E-state index contributed by atoms with van der Waals surface area (Å²) in [7, 11) is 0. The highest BCUT2D eigenvalue weighted by Crippen LogP contribution is 2.41. The summed E-state index contributed by atoms with van der Waals surface area (Å²) >= 11 is 0.